The van der Waals surface area contributed by atoms with Gasteiger partial charge in [0.25, 0.3) is 0 Å². The zero-order valence-corrected chi connectivity index (χ0v) is 18.7. The third-order valence-electron chi connectivity index (χ3n) is 5.69. The maximum atomic E-state index is 10.1. The summed E-state index contributed by atoms with van der Waals surface area (Å²) in [7, 11) is -0.733. The number of rotatable bonds is 5. The van der Waals surface area contributed by atoms with Gasteiger partial charge in [0.05, 0.1) is 28.5 Å². The van der Waals surface area contributed by atoms with Crippen molar-refractivity contribution in [2.75, 3.05) is 13.3 Å². The first-order valence-electron chi connectivity index (χ1n) is 9.56. The van der Waals surface area contributed by atoms with Crippen LogP contribution in [0.4, 0.5) is 0 Å². The predicted octanol–water partition coefficient (Wildman–Crippen LogP) is 2.70. The number of aryl methyl sites for hydroxylation is 1. The van der Waals surface area contributed by atoms with Gasteiger partial charge in [-0.3, -0.25) is 0 Å². The van der Waals surface area contributed by atoms with Gasteiger partial charge in [0.1, 0.15) is 0 Å². The number of fused-ring (bicyclic) bond motifs is 1. The Balaban J connectivity index is 2.09. The SMILES string of the molecule is CP(C)c1cnn2cc(CCC(C)(C)O)cc(B3OC(C)(C)C(C)(C)O3)c12. The van der Waals surface area contributed by atoms with Crippen molar-refractivity contribution in [3.05, 3.63) is 24.0 Å². The van der Waals surface area contributed by atoms with Gasteiger partial charge in [-0.25, -0.2) is 4.52 Å². The number of nitrogens with zero attached hydrogens (tertiary/aromatic N) is 2. The lowest BCUT2D eigenvalue weighted by Gasteiger charge is -2.32. The van der Waals surface area contributed by atoms with Crippen molar-refractivity contribution in [2.45, 2.75) is 71.2 Å². The quantitative estimate of drug-likeness (QED) is 0.630. The summed E-state index contributed by atoms with van der Waals surface area (Å²) in [6.07, 6.45) is 5.49. The van der Waals surface area contributed by atoms with Crippen molar-refractivity contribution >= 4 is 31.3 Å². The molecule has 1 aliphatic heterocycles. The molecule has 0 saturated carbocycles. The Bertz CT molecular complexity index is 824. The van der Waals surface area contributed by atoms with E-state index in [0.29, 0.717) is 6.42 Å². The average molecular weight is 390 g/mol. The molecule has 2 aromatic heterocycles. The van der Waals surface area contributed by atoms with E-state index in [-0.39, 0.29) is 19.1 Å². The van der Waals surface area contributed by atoms with Crippen molar-refractivity contribution in [1.82, 2.24) is 9.61 Å². The Morgan fingerprint density at radius 2 is 1.78 bits per heavy atom. The molecule has 3 rings (SSSR count). The molecule has 1 aliphatic rings. The van der Waals surface area contributed by atoms with Crippen LogP contribution in [0.5, 0.6) is 0 Å². The molecule has 5 nitrogen and oxygen atoms in total. The van der Waals surface area contributed by atoms with E-state index in [1.807, 2.05) is 24.6 Å². The molecule has 0 radical (unpaired) electrons. The van der Waals surface area contributed by atoms with Gasteiger partial charge in [0.15, 0.2) is 0 Å². The fourth-order valence-electron chi connectivity index (χ4n) is 3.26. The number of hydrogen-bond donors (Lipinski definition) is 1. The second-order valence-corrected chi connectivity index (χ2v) is 11.7. The van der Waals surface area contributed by atoms with Crippen LogP contribution in [-0.4, -0.2) is 52.0 Å². The molecule has 0 unspecified atom stereocenters. The van der Waals surface area contributed by atoms with E-state index in [1.165, 1.54) is 5.30 Å². The van der Waals surface area contributed by atoms with E-state index in [1.54, 1.807) is 0 Å². The van der Waals surface area contributed by atoms with Crippen LogP contribution in [0.25, 0.3) is 5.52 Å². The third-order valence-corrected chi connectivity index (χ3v) is 6.98. The van der Waals surface area contributed by atoms with Gasteiger partial charge in [-0.15, -0.1) is 0 Å². The van der Waals surface area contributed by atoms with E-state index < -0.39 is 12.7 Å². The molecule has 1 N–H and O–H groups in total. The molecule has 27 heavy (non-hydrogen) atoms. The summed E-state index contributed by atoms with van der Waals surface area (Å²) in [4.78, 5) is 0. The maximum absolute atomic E-state index is 10.1. The van der Waals surface area contributed by atoms with Crippen molar-refractivity contribution in [2.24, 2.45) is 0 Å². The van der Waals surface area contributed by atoms with Gasteiger partial charge in [-0.1, -0.05) is 14.0 Å². The zero-order valence-electron chi connectivity index (χ0n) is 17.8. The van der Waals surface area contributed by atoms with Crippen molar-refractivity contribution in [3.63, 3.8) is 0 Å². The van der Waals surface area contributed by atoms with Crippen LogP contribution in [0.2, 0.25) is 0 Å². The first kappa shape index (κ1) is 20.8. The summed E-state index contributed by atoms with van der Waals surface area (Å²) >= 11 is 0. The molecular weight excluding hydrogens is 358 g/mol. The molecule has 2 aromatic rings. The van der Waals surface area contributed by atoms with E-state index in [2.05, 4.69) is 58.4 Å². The fourth-order valence-corrected chi connectivity index (χ4v) is 4.20. The number of aliphatic hydroxyl groups is 1. The molecule has 7 heteroatoms. The Hall–Kier alpha value is -0.935. The lowest BCUT2D eigenvalue weighted by Crippen LogP contribution is -2.41. The van der Waals surface area contributed by atoms with Crippen molar-refractivity contribution < 1.29 is 14.4 Å². The van der Waals surface area contributed by atoms with Gasteiger partial charge in [-0.2, -0.15) is 5.10 Å². The smallest absolute Gasteiger partial charge is 0.399 e. The van der Waals surface area contributed by atoms with Crippen LogP contribution in [0.3, 0.4) is 0 Å². The fraction of sp³-hybridized carbons (Fsp3) is 0.650. The topological polar surface area (TPSA) is 56.0 Å². The van der Waals surface area contributed by atoms with Gasteiger partial charge in [-0.05, 0) is 73.3 Å². The Labute approximate surface area is 164 Å². The Kier molecular flexibility index (Phi) is 5.27. The third kappa shape index (κ3) is 4.09. The van der Waals surface area contributed by atoms with Crippen LogP contribution in [-0.2, 0) is 15.7 Å². The molecule has 148 valence electrons. The molecule has 3 heterocycles. The van der Waals surface area contributed by atoms with Gasteiger partial charge in [0, 0.05) is 17.0 Å². The van der Waals surface area contributed by atoms with E-state index >= 15 is 0 Å². The van der Waals surface area contributed by atoms with Crippen LogP contribution in [0, 0.1) is 0 Å². The highest BCUT2D eigenvalue weighted by Gasteiger charge is 2.52. The highest BCUT2D eigenvalue weighted by atomic mass is 31.1. The Morgan fingerprint density at radius 1 is 1.19 bits per heavy atom. The van der Waals surface area contributed by atoms with Crippen molar-refractivity contribution in [1.29, 1.82) is 0 Å². The molecule has 0 spiro atoms. The minimum atomic E-state index is -0.699. The highest BCUT2D eigenvalue weighted by molar-refractivity contribution is 7.64. The van der Waals surface area contributed by atoms with Crippen LogP contribution >= 0.6 is 7.92 Å². The maximum Gasteiger partial charge on any atom is 0.497 e. The summed E-state index contributed by atoms with van der Waals surface area (Å²) in [6.45, 7) is 16.5. The number of aromatic nitrogens is 2. The first-order chi connectivity index (χ1) is 12.3. The minimum Gasteiger partial charge on any atom is -0.399 e. The minimum absolute atomic E-state index is 0.307. The normalized spacial score (nSPS) is 19.4. The molecule has 0 atom stereocenters. The van der Waals surface area contributed by atoms with E-state index in [9.17, 15) is 5.11 Å². The van der Waals surface area contributed by atoms with Crippen LogP contribution < -0.4 is 10.8 Å². The number of hydrogen-bond acceptors (Lipinski definition) is 4. The second-order valence-electron chi connectivity index (χ2n) is 9.42. The highest BCUT2D eigenvalue weighted by Crippen LogP contribution is 2.37. The lowest BCUT2D eigenvalue weighted by molar-refractivity contribution is 0.00578. The Morgan fingerprint density at radius 3 is 2.30 bits per heavy atom. The molecule has 0 aromatic carbocycles. The van der Waals surface area contributed by atoms with Crippen molar-refractivity contribution in [3.8, 4) is 0 Å². The van der Waals surface area contributed by atoms with Gasteiger partial charge in [0.2, 0.25) is 0 Å². The summed E-state index contributed by atoms with van der Waals surface area (Å²) in [5.74, 6) is 0. The molecule has 0 amide bonds. The van der Waals surface area contributed by atoms with Gasteiger partial charge >= 0.3 is 7.12 Å². The second kappa shape index (κ2) is 6.84. The van der Waals surface area contributed by atoms with E-state index in [0.717, 1.165) is 23.0 Å². The van der Waals surface area contributed by atoms with Crippen LogP contribution in [0.1, 0.15) is 53.5 Å². The zero-order chi connectivity index (χ0) is 20.2. The first-order valence-corrected chi connectivity index (χ1v) is 11.8. The molecule has 1 fully saturated rings. The summed E-state index contributed by atoms with van der Waals surface area (Å²) in [6, 6.07) is 2.17. The van der Waals surface area contributed by atoms with Crippen LogP contribution in [0.15, 0.2) is 18.5 Å². The molecule has 0 bridgehead atoms. The van der Waals surface area contributed by atoms with Gasteiger partial charge < -0.3 is 14.4 Å². The molecule has 0 aliphatic carbocycles. The largest absolute Gasteiger partial charge is 0.497 e. The van der Waals surface area contributed by atoms with E-state index in [4.69, 9.17) is 9.31 Å². The standard InChI is InChI=1S/C20H32BN2O3P/c1-18(2,24)10-9-14-11-15(21-25-19(3,4)20(5,6)26-21)17-16(27(7)8)12-22-23(17)13-14/h11-13,24H,9-10H2,1-8H3. The lowest BCUT2D eigenvalue weighted by atomic mass is 9.77. The average Bonchev–Trinajstić information content (AvgIpc) is 3.02. The summed E-state index contributed by atoms with van der Waals surface area (Å²) < 4.78 is 14.7. The summed E-state index contributed by atoms with van der Waals surface area (Å²) in [5.41, 5.74) is 1.78. The number of pyridine rings is 1. The molecular formula is C20H32BN2O3P. The predicted molar refractivity (Wildman–Crippen MR) is 114 cm³/mol. The molecule has 1 saturated heterocycles. The summed E-state index contributed by atoms with van der Waals surface area (Å²) in [5, 5.41) is 16.0. The monoisotopic (exact) mass is 390 g/mol.